The lowest BCUT2D eigenvalue weighted by atomic mass is 9.84. The number of thiazole rings is 1. The summed E-state index contributed by atoms with van der Waals surface area (Å²) in [6.45, 7) is 11.0. The molecule has 1 aromatic carbocycles. The van der Waals surface area contributed by atoms with E-state index in [0.717, 1.165) is 44.7 Å². The number of ether oxygens (including phenoxy) is 2. The van der Waals surface area contributed by atoms with Crippen LogP contribution in [0, 0.1) is 23.2 Å². The van der Waals surface area contributed by atoms with Gasteiger partial charge in [-0.05, 0) is 68.9 Å². The van der Waals surface area contributed by atoms with E-state index in [-0.39, 0.29) is 42.8 Å². The van der Waals surface area contributed by atoms with Gasteiger partial charge in [0, 0.05) is 77.6 Å². The first-order valence-electron chi connectivity index (χ1n) is 18.7. The van der Waals surface area contributed by atoms with Crippen molar-refractivity contribution in [2.75, 3.05) is 20.3 Å². The van der Waals surface area contributed by atoms with Gasteiger partial charge in [0.05, 0.1) is 46.6 Å². The van der Waals surface area contributed by atoms with Crippen LogP contribution in [0.2, 0.25) is 0 Å². The monoisotopic (exact) mass is 759 g/mol. The number of hydrogen-bond acceptors (Lipinski definition) is 9. The van der Waals surface area contributed by atoms with Gasteiger partial charge in [-0.15, -0.1) is 11.3 Å². The van der Waals surface area contributed by atoms with Crippen molar-refractivity contribution in [1.82, 2.24) is 25.0 Å². The number of benzene rings is 1. The van der Waals surface area contributed by atoms with Crippen LogP contribution >= 0.6 is 11.3 Å². The second-order valence-electron chi connectivity index (χ2n) is 15.6. The van der Waals surface area contributed by atoms with Gasteiger partial charge in [-0.3, -0.25) is 24.4 Å². The third kappa shape index (κ3) is 7.25. The summed E-state index contributed by atoms with van der Waals surface area (Å²) in [5, 5.41) is 5.07. The van der Waals surface area contributed by atoms with Gasteiger partial charge in [0.25, 0.3) is 6.08 Å². The van der Waals surface area contributed by atoms with Crippen molar-refractivity contribution in [1.29, 1.82) is 0 Å². The van der Waals surface area contributed by atoms with E-state index in [9.17, 15) is 23.2 Å². The number of Topliss-reactive ketones (excluding diaryl/α,β-unsaturated/α-hetero) is 1. The number of ketones is 1. The van der Waals surface area contributed by atoms with Crippen molar-refractivity contribution in [3.63, 3.8) is 0 Å². The molecule has 1 saturated heterocycles. The van der Waals surface area contributed by atoms with Crippen LogP contribution in [0.25, 0.3) is 33.4 Å². The van der Waals surface area contributed by atoms with E-state index < -0.39 is 41.3 Å². The number of fused-ring (bicyclic) bond motifs is 6. The minimum atomic E-state index is -1.82. The largest absolute Gasteiger partial charge is 0.464 e. The summed E-state index contributed by atoms with van der Waals surface area (Å²) < 4.78 is 41.1. The highest BCUT2D eigenvalue weighted by Crippen LogP contribution is 2.50. The van der Waals surface area contributed by atoms with Crippen LogP contribution in [0.5, 0.6) is 0 Å². The Labute approximate surface area is 317 Å². The maximum Gasteiger partial charge on any atom is 0.324 e. The molecule has 4 aromatic rings. The number of allylic oxidation sites excluding steroid dienone is 1. The van der Waals surface area contributed by atoms with Crippen LogP contribution in [-0.2, 0) is 43.2 Å². The summed E-state index contributed by atoms with van der Waals surface area (Å²) >= 11 is 1.40. The number of nitrogens with one attached hydrogen (secondary N) is 1. The quantitative estimate of drug-likeness (QED) is 0.191. The Morgan fingerprint density at radius 1 is 1.22 bits per heavy atom. The average Bonchev–Trinajstić information content (AvgIpc) is 3.48. The fraction of sp³-hybridized carbons (Fsp3) is 0.488. The Hall–Kier alpha value is -4.33. The molecule has 1 amide bonds. The van der Waals surface area contributed by atoms with E-state index in [4.69, 9.17) is 19.4 Å². The normalized spacial score (nSPS) is 23.6. The molecule has 0 spiro atoms. The van der Waals surface area contributed by atoms with Crippen molar-refractivity contribution < 1.29 is 32.6 Å². The van der Waals surface area contributed by atoms with Crippen LogP contribution in [0.4, 0.5) is 8.78 Å². The number of hydrogen-bond donors (Lipinski definition) is 1. The molecule has 5 heterocycles. The summed E-state index contributed by atoms with van der Waals surface area (Å²) in [5.74, 6) is -3.49. The average molecular weight is 760 g/mol. The summed E-state index contributed by atoms with van der Waals surface area (Å²) in [4.78, 5) is 50.9. The predicted molar refractivity (Wildman–Crippen MR) is 202 cm³/mol. The van der Waals surface area contributed by atoms with E-state index in [1.54, 1.807) is 20.2 Å². The molecule has 2 fully saturated rings. The zero-order valence-electron chi connectivity index (χ0n) is 31.6. The van der Waals surface area contributed by atoms with Crippen molar-refractivity contribution in [3.8, 4) is 22.5 Å². The van der Waals surface area contributed by atoms with Crippen LogP contribution in [-0.4, -0.2) is 63.5 Å². The number of halogens is 2. The van der Waals surface area contributed by atoms with Crippen molar-refractivity contribution in [3.05, 3.63) is 69.8 Å². The zero-order valence-corrected chi connectivity index (χ0v) is 32.4. The highest BCUT2D eigenvalue weighted by molar-refractivity contribution is 7.10. The van der Waals surface area contributed by atoms with Crippen molar-refractivity contribution in [2.24, 2.45) is 23.2 Å². The maximum atomic E-state index is 14.1. The number of aryl methyl sites for hydroxylation is 1. The van der Waals surface area contributed by atoms with Gasteiger partial charge in [-0.25, -0.2) is 10.4 Å². The molecule has 1 aliphatic carbocycles. The minimum absolute atomic E-state index is 0.136. The van der Waals surface area contributed by atoms with Crippen LogP contribution in [0.3, 0.4) is 0 Å². The molecular formula is C41H47F2N5O5S. The number of carbonyl (C=O) groups excluding carboxylic acids is 3. The molecule has 7 rings (SSSR count). The number of aromatic nitrogens is 3. The summed E-state index contributed by atoms with van der Waals surface area (Å²) in [5.41, 5.74) is 9.07. The topological polar surface area (TPSA) is 116 Å². The molecule has 0 unspecified atom stereocenters. The Balaban J connectivity index is 1.34. The highest BCUT2D eigenvalue weighted by atomic mass is 32.1. The highest BCUT2D eigenvalue weighted by Gasteiger charge is 2.50. The molecule has 286 valence electrons. The fourth-order valence-electron chi connectivity index (χ4n) is 8.19. The lowest BCUT2D eigenvalue weighted by molar-refractivity contribution is -0.156. The van der Waals surface area contributed by atoms with Gasteiger partial charge in [0.15, 0.2) is 0 Å². The van der Waals surface area contributed by atoms with E-state index in [1.807, 2.05) is 24.4 Å². The Morgan fingerprint density at radius 2 is 2.02 bits per heavy atom. The molecule has 1 saturated carbocycles. The first-order valence-corrected chi connectivity index (χ1v) is 19.6. The molecule has 3 aliphatic rings. The molecule has 2 aliphatic heterocycles. The van der Waals surface area contributed by atoms with Crippen molar-refractivity contribution in [2.45, 2.75) is 85.4 Å². The second kappa shape index (κ2) is 15.1. The molecule has 10 nitrogen and oxygen atoms in total. The number of carbonyl (C=O) groups is 3. The van der Waals surface area contributed by atoms with E-state index in [2.05, 4.69) is 49.0 Å². The van der Waals surface area contributed by atoms with Gasteiger partial charge in [-0.1, -0.05) is 26.8 Å². The van der Waals surface area contributed by atoms with Gasteiger partial charge >= 0.3 is 5.97 Å². The van der Waals surface area contributed by atoms with Gasteiger partial charge in [0.1, 0.15) is 11.8 Å². The number of methoxy groups -OCH3 is 1. The van der Waals surface area contributed by atoms with E-state index in [0.29, 0.717) is 37.4 Å². The van der Waals surface area contributed by atoms with Gasteiger partial charge in [0.2, 0.25) is 5.91 Å². The number of pyridine rings is 1. The third-order valence-corrected chi connectivity index (χ3v) is 12.0. The lowest BCUT2D eigenvalue weighted by Gasteiger charge is -2.35. The number of nitrogens with zero attached hydrogens (tertiary/aromatic N) is 4. The standard InChI is InChI=1S/C41H47F2N5O5S/c1-7-47-31-13-12-24-16-27(31)28(37(47)26-10-8-14-44-36(26)23(3)52-6)19-41(4,5)21-53-40(51)29-11-9-15-48(46-29)39(50)25(18-33-45-30(24)20-54-33)17-32(49)34-22(2)35(34)38(42)43/h8,10,12-14,16,20,22-23,25,29,34,46H,7,9,11,15,17-19,21H2,1-6H3/t22-,23+,25+,29+,34+/m1/s1. The minimum Gasteiger partial charge on any atom is -0.464 e. The van der Waals surface area contributed by atoms with Crippen LogP contribution in [0.1, 0.15) is 76.3 Å². The molecule has 3 aromatic heterocycles. The lowest BCUT2D eigenvalue weighted by Crippen LogP contribution is -2.57. The van der Waals surface area contributed by atoms with Crippen LogP contribution < -0.4 is 5.43 Å². The first-order chi connectivity index (χ1) is 25.8. The fourth-order valence-corrected chi connectivity index (χ4v) is 9.07. The Bertz CT molecular complexity index is 2140. The number of amides is 1. The number of hydrazine groups is 1. The molecule has 5 atom stereocenters. The van der Waals surface area contributed by atoms with E-state index >= 15 is 0 Å². The zero-order chi connectivity index (χ0) is 38.5. The predicted octanol–water partition coefficient (Wildman–Crippen LogP) is 7.71. The summed E-state index contributed by atoms with van der Waals surface area (Å²) in [6.07, 6.45) is 1.27. The summed E-state index contributed by atoms with van der Waals surface area (Å²) in [6, 6.07) is 9.57. The molecule has 0 radical (unpaired) electrons. The number of cyclic esters (lactones) is 1. The summed E-state index contributed by atoms with van der Waals surface area (Å²) in [7, 11) is 1.68. The second-order valence-corrected chi connectivity index (χ2v) is 16.5. The Kier molecular flexibility index (Phi) is 10.6. The SMILES string of the molecule is CCn1c(-c2cccnc2[C@H](C)OC)c2c3cc(ccc31)-c1csc(n1)C[C@H](CC(=O)[C@H]1C(=C(F)F)[C@@H]1C)C(=O)N1CCC[C@H](N1)C(=O)OCC(C)(C)C2. The Morgan fingerprint density at radius 3 is 2.74 bits per heavy atom. The van der Waals surface area contributed by atoms with Crippen molar-refractivity contribution >= 4 is 39.9 Å². The van der Waals surface area contributed by atoms with Crippen LogP contribution in [0.15, 0.2) is 53.6 Å². The van der Waals surface area contributed by atoms with Gasteiger partial charge in [-0.2, -0.15) is 8.78 Å². The first kappa shape index (κ1) is 38.0. The third-order valence-electron chi connectivity index (χ3n) is 11.2. The van der Waals surface area contributed by atoms with E-state index in [1.165, 1.54) is 16.3 Å². The molecule has 54 heavy (non-hydrogen) atoms. The number of esters is 1. The number of rotatable bonds is 7. The molecular weight excluding hydrogens is 713 g/mol. The molecule has 13 heteroatoms. The molecule has 6 bridgehead atoms. The smallest absolute Gasteiger partial charge is 0.324 e. The van der Waals surface area contributed by atoms with Gasteiger partial charge < -0.3 is 14.0 Å². The maximum absolute atomic E-state index is 14.1. The molecule has 1 N–H and O–H groups in total.